The average Bonchev–Trinajstić information content (AvgIpc) is 2.51. The number of rotatable bonds is 6. The van der Waals surface area contributed by atoms with Gasteiger partial charge in [0.05, 0.1) is 6.07 Å². The monoisotopic (exact) mass is 392 g/mol. The van der Waals surface area contributed by atoms with E-state index in [-0.39, 0.29) is 34.2 Å². The van der Waals surface area contributed by atoms with Crippen molar-refractivity contribution in [1.82, 2.24) is 0 Å². The van der Waals surface area contributed by atoms with Crippen molar-refractivity contribution in [2.75, 3.05) is 0 Å². The van der Waals surface area contributed by atoms with E-state index in [0.29, 0.717) is 0 Å². The van der Waals surface area contributed by atoms with Crippen molar-refractivity contribution in [3.05, 3.63) is 57.1 Å². The summed E-state index contributed by atoms with van der Waals surface area (Å²) in [6.07, 6.45) is 0. The topological polar surface area (TPSA) is 73.6 Å². The highest BCUT2D eigenvalue weighted by Gasteiger charge is 2.29. The lowest BCUT2D eigenvalue weighted by Crippen LogP contribution is -2.18. The highest BCUT2D eigenvalue weighted by Crippen LogP contribution is 2.36. The molecule has 0 aliphatic rings. The Morgan fingerprint density at radius 3 is 1.78 bits per heavy atom. The Hall–Kier alpha value is -2.08. The van der Waals surface area contributed by atoms with Crippen LogP contribution in [0.4, 0.5) is 0 Å². The number of benzene rings is 1. The van der Waals surface area contributed by atoms with Crippen LogP contribution >= 0.6 is 0 Å². The molecule has 0 aliphatic carbocycles. The van der Waals surface area contributed by atoms with Crippen molar-refractivity contribution in [1.29, 1.82) is 0 Å². The van der Waals surface area contributed by atoms with Crippen LogP contribution in [0.5, 0.6) is 5.75 Å². The Kier molecular flexibility index (Phi) is 6.20. The van der Waals surface area contributed by atoms with Crippen LogP contribution in [0.15, 0.2) is 38.4 Å². The molecule has 1 aromatic carbocycles. The standard InChI is InChI=1S/C21H28O5S/c1-12(2)16-9-18(13(3)4)21(19(10-16)14(5)6)27(23,24)26-17-8-15(7)25-20(22)11-17/h8-14H,1-7H3. The largest absolute Gasteiger partial charge is 0.428 e. The molecule has 0 spiro atoms. The van der Waals surface area contributed by atoms with Crippen LogP contribution in [0.2, 0.25) is 0 Å². The molecule has 1 heterocycles. The SMILES string of the molecule is Cc1cc(OS(=O)(=O)c2c(C(C)C)cc(C(C)C)cc2C(C)C)cc(=O)o1. The first-order valence-electron chi connectivity index (χ1n) is 9.16. The zero-order valence-electron chi connectivity index (χ0n) is 17.0. The lowest BCUT2D eigenvalue weighted by atomic mass is 9.89. The lowest BCUT2D eigenvalue weighted by Gasteiger charge is -2.22. The molecule has 0 fully saturated rings. The van der Waals surface area contributed by atoms with E-state index in [0.717, 1.165) is 22.8 Å². The molecule has 27 heavy (non-hydrogen) atoms. The summed E-state index contributed by atoms with van der Waals surface area (Å²) < 4.78 is 36.6. The van der Waals surface area contributed by atoms with Gasteiger partial charge in [-0.1, -0.05) is 53.7 Å². The molecule has 148 valence electrons. The lowest BCUT2D eigenvalue weighted by molar-refractivity contribution is 0.452. The second kappa shape index (κ2) is 7.89. The maximum absolute atomic E-state index is 13.2. The second-order valence-electron chi connectivity index (χ2n) is 7.75. The van der Waals surface area contributed by atoms with Crippen LogP contribution in [0, 0.1) is 6.92 Å². The summed E-state index contributed by atoms with van der Waals surface area (Å²) >= 11 is 0. The average molecular weight is 393 g/mol. The summed E-state index contributed by atoms with van der Waals surface area (Å²) in [6, 6.07) is 6.33. The fourth-order valence-corrected chi connectivity index (χ4v) is 4.57. The zero-order valence-corrected chi connectivity index (χ0v) is 17.8. The van der Waals surface area contributed by atoms with Crippen molar-refractivity contribution < 1.29 is 17.0 Å². The predicted octanol–water partition coefficient (Wildman–Crippen LogP) is 5.09. The van der Waals surface area contributed by atoms with Crippen LogP contribution in [0.1, 0.15) is 81.7 Å². The first kappa shape index (κ1) is 21.2. The fraction of sp³-hybridized carbons (Fsp3) is 0.476. The van der Waals surface area contributed by atoms with E-state index in [1.165, 1.54) is 6.07 Å². The van der Waals surface area contributed by atoms with Gasteiger partial charge in [0.15, 0.2) is 5.75 Å². The van der Waals surface area contributed by atoms with E-state index < -0.39 is 15.7 Å². The van der Waals surface area contributed by atoms with Gasteiger partial charge in [-0.25, -0.2) is 4.79 Å². The Balaban J connectivity index is 2.71. The van der Waals surface area contributed by atoms with Gasteiger partial charge in [0, 0.05) is 6.07 Å². The van der Waals surface area contributed by atoms with E-state index in [4.69, 9.17) is 8.60 Å². The summed E-state index contributed by atoms with van der Waals surface area (Å²) in [5, 5.41) is 0. The molecule has 0 saturated heterocycles. The quantitative estimate of drug-likeness (QED) is 0.641. The normalized spacial score (nSPS) is 12.2. The molecule has 0 aliphatic heterocycles. The summed E-state index contributed by atoms with van der Waals surface area (Å²) in [6.45, 7) is 13.6. The minimum absolute atomic E-state index is 0.00264. The summed E-state index contributed by atoms with van der Waals surface area (Å²) in [7, 11) is -4.12. The molecule has 0 bridgehead atoms. The van der Waals surface area contributed by atoms with Gasteiger partial charge in [0.2, 0.25) is 0 Å². The molecule has 2 rings (SSSR count). The van der Waals surface area contributed by atoms with E-state index in [1.54, 1.807) is 6.92 Å². The van der Waals surface area contributed by atoms with Gasteiger partial charge in [-0.05, 0) is 41.4 Å². The zero-order chi connectivity index (χ0) is 20.5. The highest BCUT2D eigenvalue weighted by molar-refractivity contribution is 7.87. The summed E-state index contributed by atoms with van der Waals surface area (Å²) in [5.41, 5.74) is 1.90. The van der Waals surface area contributed by atoms with E-state index in [9.17, 15) is 13.2 Å². The first-order chi connectivity index (χ1) is 12.4. The van der Waals surface area contributed by atoms with Crippen molar-refractivity contribution in [3.63, 3.8) is 0 Å². The Morgan fingerprint density at radius 1 is 0.852 bits per heavy atom. The van der Waals surface area contributed by atoms with Gasteiger partial charge >= 0.3 is 15.7 Å². The number of hydrogen-bond donors (Lipinski definition) is 0. The van der Waals surface area contributed by atoms with Crippen LogP contribution in [0.25, 0.3) is 0 Å². The van der Waals surface area contributed by atoms with Crippen LogP contribution in [-0.2, 0) is 10.1 Å². The molecule has 1 aromatic heterocycles. The van der Waals surface area contributed by atoms with Crippen LogP contribution in [0.3, 0.4) is 0 Å². The molecular weight excluding hydrogens is 364 g/mol. The summed E-state index contributed by atoms with van der Waals surface area (Å²) in [4.78, 5) is 11.8. The van der Waals surface area contributed by atoms with Crippen LogP contribution in [-0.4, -0.2) is 8.42 Å². The smallest absolute Gasteiger partial charge is 0.339 e. The molecule has 2 aromatic rings. The Morgan fingerprint density at radius 2 is 1.37 bits per heavy atom. The Labute approximate surface area is 161 Å². The molecular formula is C21H28O5S. The number of hydrogen-bond acceptors (Lipinski definition) is 5. The van der Waals surface area contributed by atoms with Gasteiger partial charge in [-0.3, -0.25) is 0 Å². The maximum atomic E-state index is 13.2. The molecule has 0 radical (unpaired) electrons. The Bertz CT molecular complexity index is 953. The van der Waals surface area contributed by atoms with Gasteiger partial charge < -0.3 is 8.60 Å². The van der Waals surface area contributed by atoms with Gasteiger partial charge in [0.1, 0.15) is 10.7 Å². The van der Waals surface area contributed by atoms with Crippen molar-refractivity contribution in [2.45, 2.75) is 71.1 Å². The second-order valence-corrected chi connectivity index (χ2v) is 9.24. The molecule has 0 amide bonds. The third-order valence-corrected chi connectivity index (χ3v) is 5.79. The third kappa shape index (κ3) is 4.80. The maximum Gasteiger partial charge on any atom is 0.339 e. The molecule has 5 nitrogen and oxygen atoms in total. The third-order valence-electron chi connectivity index (χ3n) is 4.40. The highest BCUT2D eigenvalue weighted by atomic mass is 32.2. The van der Waals surface area contributed by atoms with Crippen molar-refractivity contribution in [3.8, 4) is 5.75 Å². The van der Waals surface area contributed by atoms with Gasteiger partial charge in [-0.15, -0.1) is 0 Å². The van der Waals surface area contributed by atoms with E-state index >= 15 is 0 Å². The summed E-state index contributed by atoms with van der Waals surface area (Å²) in [5.74, 6) is 0.519. The minimum atomic E-state index is -4.12. The van der Waals surface area contributed by atoms with Crippen molar-refractivity contribution >= 4 is 10.1 Å². The molecule has 6 heteroatoms. The fourth-order valence-electron chi connectivity index (χ4n) is 2.97. The van der Waals surface area contributed by atoms with E-state index in [1.807, 2.05) is 39.8 Å². The van der Waals surface area contributed by atoms with Crippen molar-refractivity contribution in [2.24, 2.45) is 0 Å². The molecule has 0 N–H and O–H groups in total. The predicted molar refractivity (Wildman–Crippen MR) is 106 cm³/mol. The van der Waals surface area contributed by atoms with Gasteiger partial charge in [0.25, 0.3) is 0 Å². The first-order valence-corrected chi connectivity index (χ1v) is 10.6. The van der Waals surface area contributed by atoms with Gasteiger partial charge in [-0.2, -0.15) is 8.42 Å². The van der Waals surface area contributed by atoms with Crippen LogP contribution < -0.4 is 9.81 Å². The van der Waals surface area contributed by atoms with E-state index in [2.05, 4.69) is 13.8 Å². The molecule has 0 atom stereocenters. The minimum Gasteiger partial charge on any atom is -0.428 e. The number of aryl methyl sites for hydroxylation is 1. The molecule has 0 saturated carbocycles. The molecule has 0 unspecified atom stereocenters.